The second kappa shape index (κ2) is 13.0. The molecule has 4 aliphatic rings. The predicted octanol–water partition coefficient (Wildman–Crippen LogP) is 1.24. The van der Waals surface area contributed by atoms with Crippen LogP contribution in [0.25, 0.3) is 21.8 Å². The summed E-state index contributed by atoms with van der Waals surface area (Å²) in [5, 5.41) is 16.1. The molecule has 55 heavy (non-hydrogen) atoms. The van der Waals surface area contributed by atoms with Gasteiger partial charge in [0.1, 0.15) is 24.0 Å². The SMILES string of the molecule is Cn1c(=O)n(C2CCC(=O)NC2=O)c2ccc(C3CCN(CC(=O)N4CC(Nc5ccc6cc(O)c(N7CC(=O)NS7(=O)=O)c(F)c6c5)C4)CC3(F)F)cc21. The van der Waals surface area contributed by atoms with Crippen LogP contribution < -0.4 is 25.4 Å². The van der Waals surface area contributed by atoms with Crippen LogP contribution in [0.5, 0.6) is 5.75 Å². The predicted molar refractivity (Wildman–Crippen MR) is 191 cm³/mol. The molecule has 5 heterocycles. The molecule has 0 radical (unpaired) electrons. The summed E-state index contributed by atoms with van der Waals surface area (Å²) in [5.74, 6) is -8.31. The number of aromatic nitrogens is 2. The average molecular weight is 785 g/mol. The largest absolute Gasteiger partial charge is 0.506 e. The number of aryl methyl sites for hydroxylation is 1. The number of nitrogens with one attached hydrogen (secondary N) is 3. The van der Waals surface area contributed by atoms with Crippen LogP contribution in [0.2, 0.25) is 0 Å². The number of hydrogen-bond donors (Lipinski definition) is 4. The van der Waals surface area contributed by atoms with Gasteiger partial charge in [0.15, 0.2) is 5.82 Å². The summed E-state index contributed by atoms with van der Waals surface area (Å²) in [6, 6.07) is 9.24. The molecule has 0 spiro atoms. The van der Waals surface area contributed by atoms with Gasteiger partial charge in [0, 0.05) is 37.6 Å². The fourth-order valence-corrected chi connectivity index (χ4v) is 9.15. The zero-order valence-electron chi connectivity index (χ0n) is 29.2. The van der Waals surface area contributed by atoms with Crippen LogP contribution in [0.15, 0.2) is 47.3 Å². The first-order valence-corrected chi connectivity index (χ1v) is 18.9. The number of carbonyl (C=O) groups is 4. The normalized spacial score (nSPS) is 22.9. The number of fused-ring (bicyclic) bond motifs is 2. The number of carbonyl (C=O) groups excluding carboxylic acids is 4. The number of imidazole rings is 1. The van der Waals surface area contributed by atoms with Crippen molar-refractivity contribution in [3.63, 3.8) is 0 Å². The summed E-state index contributed by atoms with van der Waals surface area (Å²) in [5.41, 5.74) is 0.395. The molecule has 4 N–H and O–H groups in total. The molecule has 290 valence electrons. The van der Waals surface area contributed by atoms with E-state index in [1.807, 2.05) is 0 Å². The molecule has 1 aromatic heterocycles. The van der Waals surface area contributed by atoms with Crippen molar-refractivity contribution in [2.45, 2.75) is 43.2 Å². The lowest BCUT2D eigenvalue weighted by Gasteiger charge is -2.43. The first-order valence-electron chi connectivity index (χ1n) is 17.5. The van der Waals surface area contributed by atoms with Gasteiger partial charge in [-0.25, -0.2) is 27.0 Å². The number of halogens is 3. The van der Waals surface area contributed by atoms with E-state index < -0.39 is 81.8 Å². The Labute approximate surface area is 310 Å². The molecule has 0 bridgehead atoms. The molecule has 16 nitrogen and oxygen atoms in total. The second-order valence-corrected chi connectivity index (χ2v) is 16.0. The number of piperidine rings is 2. The van der Waals surface area contributed by atoms with Crippen molar-refractivity contribution in [2.24, 2.45) is 7.05 Å². The molecule has 4 aromatic rings. The number of alkyl halides is 2. The second-order valence-electron chi connectivity index (χ2n) is 14.4. The van der Waals surface area contributed by atoms with Crippen molar-refractivity contribution in [1.82, 2.24) is 29.0 Å². The van der Waals surface area contributed by atoms with Gasteiger partial charge >= 0.3 is 15.9 Å². The third-order valence-corrected chi connectivity index (χ3v) is 12.2. The van der Waals surface area contributed by atoms with Crippen molar-refractivity contribution >= 4 is 67.0 Å². The molecular weight excluding hydrogens is 749 g/mol. The number of amides is 4. The highest BCUT2D eigenvalue weighted by Crippen LogP contribution is 2.42. The highest BCUT2D eigenvalue weighted by Gasteiger charge is 2.46. The van der Waals surface area contributed by atoms with Gasteiger partial charge in [0.2, 0.25) is 17.7 Å². The molecule has 0 saturated carbocycles. The van der Waals surface area contributed by atoms with E-state index in [4.69, 9.17) is 0 Å². The Morgan fingerprint density at radius 3 is 2.47 bits per heavy atom. The van der Waals surface area contributed by atoms with Crippen molar-refractivity contribution in [3.8, 4) is 5.75 Å². The molecule has 4 aliphatic heterocycles. The third kappa shape index (κ3) is 6.31. The van der Waals surface area contributed by atoms with Gasteiger partial charge in [-0.3, -0.25) is 38.5 Å². The minimum absolute atomic E-state index is 0.0152. The Morgan fingerprint density at radius 1 is 1.02 bits per heavy atom. The maximum atomic E-state index is 15.7. The van der Waals surface area contributed by atoms with E-state index in [2.05, 4.69) is 10.6 Å². The van der Waals surface area contributed by atoms with Crippen molar-refractivity contribution in [1.29, 1.82) is 0 Å². The number of benzene rings is 3. The number of rotatable bonds is 7. The molecule has 2 unspecified atom stereocenters. The van der Waals surface area contributed by atoms with Crippen LogP contribution in [0.3, 0.4) is 0 Å². The van der Waals surface area contributed by atoms with E-state index in [1.54, 1.807) is 16.9 Å². The Bertz CT molecular complexity index is 2500. The number of imide groups is 1. The van der Waals surface area contributed by atoms with Crippen LogP contribution in [0, 0.1) is 5.82 Å². The van der Waals surface area contributed by atoms with Crippen LogP contribution in [0.4, 0.5) is 24.5 Å². The maximum Gasteiger partial charge on any atom is 0.329 e. The fraction of sp³-hybridized carbons (Fsp3) is 0.400. The quantitative estimate of drug-likeness (QED) is 0.198. The van der Waals surface area contributed by atoms with Crippen molar-refractivity contribution in [3.05, 3.63) is 64.3 Å². The topological polar surface area (TPSA) is 195 Å². The maximum absolute atomic E-state index is 15.7. The number of phenolic OH excluding ortho intramolecular Hbond substituents is 1. The van der Waals surface area contributed by atoms with E-state index in [0.717, 1.165) is 0 Å². The number of anilines is 2. The van der Waals surface area contributed by atoms with Gasteiger partial charge in [-0.2, -0.15) is 8.42 Å². The summed E-state index contributed by atoms with van der Waals surface area (Å²) >= 11 is 0. The van der Waals surface area contributed by atoms with E-state index >= 15 is 13.2 Å². The zero-order chi connectivity index (χ0) is 39.1. The molecule has 4 saturated heterocycles. The van der Waals surface area contributed by atoms with Crippen LogP contribution in [-0.2, 0) is 36.4 Å². The lowest BCUT2D eigenvalue weighted by molar-refractivity contribution is -0.140. The summed E-state index contributed by atoms with van der Waals surface area (Å²) in [6.07, 6.45) is 0.269. The Morgan fingerprint density at radius 2 is 1.78 bits per heavy atom. The van der Waals surface area contributed by atoms with E-state index in [1.165, 1.54) is 56.3 Å². The molecule has 0 aliphatic carbocycles. The van der Waals surface area contributed by atoms with Gasteiger partial charge in [-0.15, -0.1) is 0 Å². The lowest BCUT2D eigenvalue weighted by atomic mass is 9.86. The third-order valence-electron chi connectivity index (χ3n) is 10.8. The number of likely N-dealkylation sites (tertiary alicyclic amines) is 2. The van der Waals surface area contributed by atoms with Crippen molar-refractivity contribution in [2.75, 3.05) is 48.9 Å². The first-order chi connectivity index (χ1) is 26.0. The Hall–Kier alpha value is -5.63. The highest BCUT2D eigenvalue weighted by molar-refractivity contribution is 7.92. The lowest BCUT2D eigenvalue weighted by Crippen LogP contribution is -2.60. The standard InChI is InChI=1S/C35H35F3N8O8S/c1-42-26-10-19(3-5-24(26)46(34(42)52)25-6-7-28(48)40-33(25)51)23-8-9-43(17-35(23,37)38)16-30(50)44-13-21(14-44)39-20-4-2-18-11-27(47)32(31(36)22(18)12-20)45-15-29(49)41-55(45,53)54/h2-5,10-12,21,23,25,39,47H,6-9,13-17H2,1H3,(H,41,49)(H,40,48,51). The summed E-state index contributed by atoms with van der Waals surface area (Å²) < 4.78 is 76.5. The van der Waals surface area contributed by atoms with Crippen LogP contribution in [-0.4, -0.2) is 107 Å². The van der Waals surface area contributed by atoms with Gasteiger partial charge in [0.25, 0.3) is 11.8 Å². The summed E-state index contributed by atoms with van der Waals surface area (Å²) in [6.45, 7) is -0.840. The van der Waals surface area contributed by atoms with Crippen molar-refractivity contribution < 1.29 is 45.9 Å². The van der Waals surface area contributed by atoms with Crippen LogP contribution >= 0.6 is 0 Å². The van der Waals surface area contributed by atoms with Gasteiger partial charge in [-0.1, -0.05) is 12.1 Å². The van der Waals surface area contributed by atoms with E-state index in [0.29, 0.717) is 26.6 Å². The molecule has 8 rings (SSSR count). The Balaban J connectivity index is 0.890. The summed E-state index contributed by atoms with van der Waals surface area (Å²) in [4.78, 5) is 65.0. The van der Waals surface area contributed by atoms with Gasteiger partial charge in [-0.05, 0) is 60.7 Å². The van der Waals surface area contributed by atoms with Gasteiger partial charge in [0.05, 0.1) is 36.1 Å². The Kier molecular flexibility index (Phi) is 8.59. The van der Waals surface area contributed by atoms with Crippen LogP contribution in [0.1, 0.15) is 36.8 Å². The molecule has 4 fully saturated rings. The number of hydrogen-bond acceptors (Lipinski definition) is 10. The number of aromatic hydroxyl groups is 1. The minimum atomic E-state index is -4.38. The molecular formula is C35H35F3N8O8S. The zero-order valence-corrected chi connectivity index (χ0v) is 30.0. The smallest absolute Gasteiger partial charge is 0.329 e. The first kappa shape index (κ1) is 36.4. The molecule has 3 aromatic carbocycles. The van der Waals surface area contributed by atoms with E-state index in [-0.39, 0.29) is 68.2 Å². The monoisotopic (exact) mass is 784 g/mol. The van der Waals surface area contributed by atoms with E-state index in [9.17, 15) is 37.5 Å². The molecule has 4 amide bonds. The molecule has 20 heteroatoms. The fourth-order valence-electron chi connectivity index (χ4n) is 7.98. The summed E-state index contributed by atoms with van der Waals surface area (Å²) in [7, 11) is -2.89. The molecule has 2 atom stereocenters. The average Bonchev–Trinajstić information content (AvgIpc) is 3.50. The number of phenols is 1. The highest BCUT2D eigenvalue weighted by atomic mass is 32.2. The minimum Gasteiger partial charge on any atom is -0.506 e. The van der Waals surface area contributed by atoms with Gasteiger partial charge < -0.3 is 15.3 Å². The number of nitrogens with zero attached hydrogens (tertiary/aromatic N) is 5.